The summed E-state index contributed by atoms with van der Waals surface area (Å²) in [5, 5.41) is 5.99. The van der Waals surface area contributed by atoms with E-state index in [-0.39, 0.29) is 5.91 Å². The highest BCUT2D eigenvalue weighted by atomic mass is 35.5. The Bertz CT molecular complexity index is 771. The SMILES string of the molecule is CCOC(=O)NCCNC(=O)c1cc(C)n(-c2cccc(Cl)c2)c1C. The van der Waals surface area contributed by atoms with Gasteiger partial charge in [-0.05, 0) is 45.0 Å². The molecule has 134 valence electrons. The van der Waals surface area contributed by atoms with Crippen molar-refractivity contribution in [1.82, 2.24) is 15.2 Å². The minimum Gasteiger partial charge on any atom is -0.450 e. The summed E-state index contributed by atoms with van der Waals surface area (Å²) in [6.45, 7) is 6.49. The Balaban J connectivity index is 2.04. The number of halogens is 1. The van der Waals surface area contributed by atoms with Crippen LogP contribution in [0.4, 0.5) is 4.79 Å². The van der Waals surface area contributed by atoms with E-state index in [0.29, 0.717) is 30.3 Å². The fraction of sp³-hybridized carbons (Fsp3) is 0.333. The molecule has 0 aliphatic heterocycles. The van der Waals surface area contributed by atoms with Gasteiger partial charge in [-0.3, -0.25) is 4.79 Å². The number of nitrogens with zero attached hydrogens (tertiary/aromatic N) is 1. The lowest BCUT2D eigenvalue weighted by atomic mass is 10.2. The van der Waals surface area contributed by atoms with Crippen LogP contribution in [-0.2, 0) is 4.74 Å². The summed E-state index contributed by atoms with van der Waals surface area (Å²) in [6, 6.07) is 9.31. The summed E-state index contributed by atoms with van der Waals surface area (Å²) in [5.74, 6) is -0.188. The summed E-state index contributed by atoms with van der Waals surface area (Å²) >= 11 is 6.06. The maximum Gasteiger partial charge on any atom is 0.407 e. The summed E-state index contributed by atoms with van der Waals surface area (Å²) in [4.78, 5) is 23.6. The van der Waals surface area contributed by atoms with E-state index in [1.54, 1.807) is 6.92 Å². The Hall–Kier alpha value is -2.47. The number of alkyl carbamates (subject to hydrolysis) is 1. The van der Waals surface area contributed by atoms with Gasteiger partial charge in [0.05, 0.1) is 12.2 Å². The van der Waals surface area contributed by atoms with Gasteiger partial charge in [-0.25, -0.2) is 4.79 Å². The Kier molecular flexibility index (Phi) is 6.47. The molecule has 0 unspecified atom stereocenters. The van der Waals surface area contributed by atoms with E-state index in [0.717, 1.165) is 17.1 Å². The van der Waals surface area contributed by atoms with Crippen LogP contribution in [0.3, 0.4) is 0 Å². The van der Waals surface area contributed by atoms with Gasteiger partial charge in [-0.15, -0.1) is 0 Å². The van der Waals surface area contributed by atoms with Crippen molar-refractivity contribution < 1.29 is 14.3 Å². The Morgan fingerprint density at radius 2 is 1.88 bits per heavy atom. The first kappa shape index (κ1) is 18.9. The minimum atomic E-state index is -0.490. The summed E-state index contributed by atoms with van der Waals surface area (Å²) in [7, 11) is 0. The van der Waals surface area contributed by atoms with Gasteiger partial charge >= 0.3 is 6.09 Å². The van der Waals surface area contributed by atoms with Crippen LogP contribution in [0, 0.1) is 13.8 Å². The Morgan fingerprint density at radius 3 is 2.56 bits per heavy atom. The number of carbonyl (C=O) groups excluding carboxylic acids is 2. The van der Waals surface area contributed by atoms with Crippen molar-refractivity contribution in [1.29, 1.82) is 0 Å². The van der Waals surface area contributed by atoms with Gasteiger partial charge in [0.25, 0.3) is 5.91 Å². The van der Waals surface area contributed by atoms with Crippen molar-refractivity contribution in [2.45, 2.75) is 20.8 Å². The largest absolute Gasteiger partial charge is 0.450 e. The van der Waals surface area contributed by atoms with Crippen molar-refractivity contribution in [2.24, 2.45) is 0 Å². The average Bonchev–Trinajstić information content (AvgIpc) is 2.86. The molecule has 0 aliphatic rings. The molecule has 0 saturated carbocycles. The van der Waals surface area contributed by atoms with Gasteiger partial charge in [-0.2, -0.15) is 0 Å². The number of amides is 2. The fourth-order valence-corrected chi connectivity index (χ4v) is 2.81. The number of aryl methyl sites for hydroxylation is 1. The molecule has 2 rings (SSSR count). The molecule has 1 aromatic heterocycles. The molecule has 2 N–H and O–H groups in total. The first-order chi connectivity index (χ1) is 11.9. The van der Waals surface area contributed by atoms with E-state index in [1.807, 2.05) is 48.7 Å². The number of carbonyl (C=O) groups is 2. The van der Waals surface area contributed by atoms with Gasteiger partial charge in [0.15, 0.2) is 0 Å². The highest BCUT2D eigenvalue weighted by molar-refractivity contribution is 6.30. The van der Waals surface area contributed by atoms with Gasteiger partial charge in [-0.1, -0.05) is 17.7 Å². The van der Waals surface area contributed by atoms with Crippen LogP contribution in [0.2, 0.25) is 5.02 Å². The molecule has 25 heavy (non-hydrogen) atoms. The summed E-state index contributed by atoms with van der Waals surface area (Å²) in [6.07, 6.45) is -0.490. The first-order valence-corrected chi connectivity index (χ1v) is 8.45. The second kappa shape index (κ2) is 8.58. The van der Waals surface area contributed by atoms with Crippen molar-refractivity contribution >= 4 is 23.6 Å². The highest BCUT2D eigenvalue weighted by Gasteiger charge is 2.16. The summed E-state index contributed by atoms with van der Waals surface area (Å²) < 4.78 is 6.74. The van der Waals surface area contributed by atoms with E-state index in [4.69, 9.17) is 16.3 Å². The molecule has 0 saturated heterocycles. The zero-order valence-corrected chi connectivity index (χ0v) is 15.3. The minimum absolute atomic E-state index is 0.188. The van der Waals surface area contributed by atoms with Crippen LogP contribution >= 0.6 is 11.6 Å². The van der Waals surface area contributed by atoms with E-state index in [9.17, 15) is 9.59 Å². The monoisotopic (exact) mass is 363 g/mol. The maximum absolute atomic E-state index is 12.4. The van der Waals surface area contributed by atoms with Crippen molar-refractivity contribution in [2.75, 3.05) is 19.7 Å². The molecule has 2 amide bonds. The predicted molar refractivity (Wildman–Crippen MR) is 97.6 cm³/mol. The second-order valence-electron chi connectivity index (χ2n) is 5.50. The molecule has 0 aliphatic carbocycles. The van der Waals surface area contributed by atoms with Gasteiger partial charge < -0.3 is 19.9 Å². The van der Waals surface area contributed by atoms with Crippen LogP contribution in [0.1, 0.15) is 28.7 Å². The lowest BCUT2D eigenvalue weighted by Gasteiger charge is -2.10. The van der Waals surface area contributed by atoms with E-state index in [2.05, 4.69) is 10.6 Å². The number of hydrogen-bond donors (Lipinski definition) is 2. The standard InChI is InChI=1S/C18H22ClN3O3/c1-4-25-18(24)21-9-8-20-17(23)16-10-12(2)22(13(16)3)15-7-5-6-14(19)11-15/h5-7,10-11H,4,8-9H2,1-3H3,(H,20,23)(H,21,24). The third-order valence-corrected chi connectivity index (χ3v) is 3.93. The van der Waals surface area contributed by atoms with Crippen molar-refractivity contribution in [3.05, 3.63) is 52.3 Å². The Morgan fingerprint density at radius 1 is 1.16 bits per heavy atom. The van der Waals surface area contributed by atoms with Gasteiger partial charge in [0.2, 0.25) is 0 Å². The number of nitrogens with one attached hydrogen (secondary N) is 2. The number of aromatic nitrogens is 1. The molecule has 1 aromatic carbocycles. The number of hydrogen-bond acceptors (Lipinski definition) is 3. The molecular formula is C18H22ClN3O3. The smallest absolute Gasteiger partial charge is 0.407 e. The topological polar surface area (TPSA) is 72.4 Å². The Labute approximate surface area is 152 Å². The number of rotatable bonds is 6. The van der Waals surface area contributed by atoms with Gasteiger partial charge in [0, 0.05) is 35.2 Å². The van der Waals surface area contributed by atoms with Crippen LogP contribution in [0.5, 0.6) is 0 Å². The molecule has 0 fully saturated rings. The normalized spacial score (nSPS) is 10.4. The molecular weight excluding hydrogens is 342 g/mol. The summed E-state index contributed by atoms with van der Waals surface area (Å²) in [5.41, 5.74) is 3.27. The molecule has 0 bridgehead atoms. The third-order valence-electron chi connectivity index (χ3n) is 3.70. The molecule has 1 heterocycles. The third kappa shape index (κ3) is 4.76. The zero-order valence-electron chi connectivity index (χ0n) is 14.6. The average molecular weight is 364 g/mol. The highest BCUT2D eigenvalue weighted by Crippen LogP contribution is 2.22. The van der Waals surface area contributed by atoms with Crippen LogP contribution in [0.15, 0.2) is 30.3 Å². The number of ether oxygens (including phenoxy) is 1. The van der Waals surface area contributed by atoms with E-state index in [1.165, 1.54) is 0 Å². The fourth-order valence-electron chi connectivity index (χ4n) is 2.62. The van der Waals surface area contributed by atoms with Crippen LogP contribution < -0.4 is 10.6 Å². The molecule has 0 radical (unpaired) electrons. The molecule has 0 spiro atoms. The van der Waals surface area contributed by atoms with E-state index < -0.39 is 6.09 Å². The van der Waals surface area contributed by atoms with Crippen LogP contribution in [0.25, 0.3) is 5.69 Å². The second-order valence-corrected chi connectivity index (χ2v) is 5.94. The molecule has 0 atom stereocenters. The molecule has 7 heteroatoms. The van der Waals surface area contributed by atoms with Crippen molar-refractivity contribution in [3.63, 3.8) is 0 Å². The van der Waals surface area contributed by atoms with Gasteiger partial charge in [0.1, 0.15) is 0 Å². The molecule has 2 aromatic rings. The predicted octanol–water partition coefficient (Wildman–Crippen LogP) is 3.22. The van der Waals surface area contributed by atoms with Crippen LogP contribution in [-0.4, -0.2) is 36.3 Å². The molecule has 6 nitrogen and oxygen atoms in total. The zero-order chi connectivity index (χ0) is 18.4. The maximum atomic E-state index is 12.4. The van der Waals surface area contributed by atoms with E-state index >= 15 is 0 Å². The number of benzene rings is 1. The quantitative estimate of drug-likeness (QED) is 0.774. The van der Waals surface area contributed by atoms with Crippen molar-refractivity contribution in [3.8, 4) is 5.69 Å². The lowest BCUT2D eigenvalue weighted by Crippen LogP contribution is -2.35. The lowest BCUT2D eigenvalue weighted by molar-refractivity contribution is 0.0951. The first-order valence-electron chi connectivity index (χ1n) is 8.07.